The summed E-state index contributed by atoms with van der Waals surface area (Å²) < 4.78 is 18.7. The number of carbonyl (C=O) groups excluding carboxylic acids is 1. The molecule has 1 amide bonds. The summed E-state index contributed by atoms with van der Waals surface area (Å²) in [4.78, 5) is 21.9. The van der Waals surface area contributed by atoms with E-state index in [1.165, 1.54) is 42.7 Å². The molecule has 1 fully saturated rings. The number of likely N-dealkylation sites (tertiary alicyclic amines) is 1. The number of piperidine rings is 1. The van der Waals surface area contributed by atoms with Crippen molar-refractivity contribution in [1.82, 2.24) is 20.1 Å². The Kier molecular flexibility index (Phi) is 9.22. The van der Waals surface area contributed by atoms with Crippen molar-refractivity contribution in [2.75, 3.05) is 33.3 Å². The first-order chi connectivity index (χ1) is 17.1. The molecule has 0 unspecified atom stereocenters. The highest BCUT2D eigenvalue weighted by Crippen LogP contribution is 2.19. The van der Waals surface area contributed by atoms with Gasteiger partial charge in [0.05, 0.1) is 13.7 Å². The predicted octanol–water partition coefficient (Wildman–Crippen LogP) is 4.71. The van der Waals surface area contributed by atoms with E-state index in [4.69, 9.17) is 4.74 Å². The number of hydrogen-bond acceptors (Lipinski definition) is 6. The average molecular weight is 497 g/mol. The average Bonchev–Trinajstić information content (AvgIpc) is 3.35. The number of nitrogens with one attached hydrogen (secondary N) is 1. The number of nitrogens with zero attached hydrogens (tertiary/aromatic N) is 3. The van der Waals surface area contributed by atoms with Crippen LogP contribution < -0.4 is 10.1 Å². The molecule has 1 aliphatic heterocycles. The molecule has 0 spiro atoms. The Bertz CT molecular complexity index is 1070. The maximum Gasteiger partial charge on any atom is 0.270 e. The molecular weight excluding hydrogens is 463 g/mol. The fourth-order valence-electron chi connectivity index (χ4n) is 4.29. The van der Waals surface area contributed by atoms with E-state index in [2.05, 4.69) is 20.1 Å². The van der Waals surface area contributed by atoms with Crippen LogP contribution in [0.3, 0.4) is 0 Å². The summed E-state index contributed by atoms with van der Waals surface area (Å²) in [7, 11) is 1.65. The number of rotatable bonds is 11. The Morgan fingerprint density at radius 1 is 1.03 bits per heavy atom. The highest BCUT2D eigenvalue weighted by Gasteiger charge is 2.16. The van der Waals surface area contributed by atoms with Crippen molar-refractivity contribution in [3.63, 3.8) is 0 Å². The van der Waals surface area contributed by atoms with Gasteiger partial charge in [-0.3, -0.25) is 9.69 Å². The lowest BCUT2D eigenvalue weighted by Gasteiger charge is -2.26. The van der Waals surface area contributed by atoms with Crippen LogP contribution >= 0.6 is 11.3 Å². The first-order valence-electron chi connectivity index (χ1n) is 12.1. The minimum absolute atomic E-state index is 0.121. The van der Waals surface area contributed by atoms with E-state index in [1.54, 1.807) is 19.2 Å². The van der Waals surface area contributed by atoms with E-state index < -0.39 is 0 Å². The van der Waals surface area contributed by atoms with Gasteiger partial charge in [-0.05, 0) is 61.3 Å². The Hall–Kier alpha value is -2.81. The molecule has 3 aromatic rings. The van der Waals surface area contributed by atoms with Gasteiger partial charge in [-0.25, -0.2) is 9.37 Å². The summed E-state index contributed by atoms with van der Waals surface area (Å²) in [6, 6.07) is 14.5. The SMILES string of the molecule is COc1ccc(CN(Cc2ccc(F)cc2)Cc2nc(C(=O)NCCN3CCCCC3)cs2)cc1. The molecule has 0 bridgehead atoms. The smallest absolute Gasteiger partial charge is 0.270 e. The summed E-state index contributed by atoms with van der Waals surface area (Å²) in [6.45, 7) is 5.69. The van der Waals surface area contributed by atoms with Crippen molar-refractivity contribution in [3.05, 3.63) is 81.6 Å². The van der Waals surface area contributed by atoms with Gasteiger partial charge in [-0.1, -0.05) is 30.7 Å². The predicted molar refractivity (Wildman–Crippen MR) is 137 cm³/mol. The number of carbonyl (C=O) groups is 1. The third-order valence-corrected chi connectivity index (χ3v) is 7.02. The molecule has 0 saturated carbocycles. The van der Waals surface area contributed by atoms with Gasteiger partial charge in [0.25, 0.3) is 5.91 Å². The molecule has 4 rings (SSSR count). The molecule has 1 aromatic heterocycles. The number of amides is 1. The molecular formula is C27H33FN4O2S. The Balaban J connectivity index is 1.37. The highest BCUT2D eigenvalue weighted by atomic mass is 32.1. The van der Waals surface area contributed by atoms with E-state index in [1.807, 2.05) is 29.6 Å². The molecule has 6 nitrogen and oxygen atoms in total. The van der Waals surface area contributed by atoms with Crippen molar-refractivity contribution in [2.24, 2.45) is 0 Å². The van der Waals surface area contributed by atoms with Crippen molar-refractivity contribution in [3.8, 4) is 5.75 Å². The topological polar surface area (TPSA) is 57.7 Å². The zero-order valence-electron chi connectivity index (χ0n) is 20.2. The molecule has 2 aromatic carbocycles. The summed E-state index contributed by atoms with van der Waals surface area (Å²) in [5.41, 5.74) is 2.63. The van der Waals surface area contributed by atoms with Crippen LogP contribution in [0.25, 0.3) is 0 Å². The minimum Gasteiger partial charge on any atom is -0.497 e. The molecule has 2 heterocycles. The molecule has 0 radical (unpaired) electrons. The number of methoxy groups -OCH3 is 1. The molecule has 8 heteroatoms. The van der Waals surface area contributed by atoms with Crippen LogP contribution in [0, 0.1) is 5.82 Å². The Labute approximate surface area is 210 Å². The number of hydrogen-bond donors (Lipinski definition) is 1. The fraction of sp³-hybridized carbons (Fsp3) is 0.407. The van der Waals surface area contributed by atoms with Crippen molar-refractivity contribution < 1.29 is 13.9 Å². The van der Waals surface area contributed by atoms with Gasteiger partial charge in [0, 0.05) is 31.6 Å². The zero-order chi connectivity index (χ0) is 24.5. The lowest BCUT2D eigenvalue weighted by molar-refractivity contribution is 0.0942. The van der Waals surface area contributed by atoms with Gasteiger partial charge < -0.3 is 15.0 Å². The van der Waals surface area contributed by atoms with E-state index >= 15 is 0 Å². The summed E-state index contributed by atoms with van der Waals surface area (Å²) in [6.07, 6.45) is 3.80. The van der Waals surface area contributed by atoms with Crippen LogP contribution in [0.4, 0.5) is 4.39 Å². The first-order valence-corrected chi connectivity index (χ1v) is 13.0. The van der Waals surface area contributed by atoms with E-state index in [0.29, 0.717) is 31.9 Å². The zero-order valence-corrected chi connectivity index (χ0v) is 21.0. The van der Waals surface area contributed by atoms with Crippen molar-refractivity contribution in [2.45, 2.75) is 38.9 Å². The van der Waals surface area contributed by atoms with Crippen LogP contribution in [0.2, 0.25) is 0 Å². The number of halogens is 1. The second-order valence-electron chi connectivity index (χ2n) is 8.90. The van der Waals surface area contributed by atoms with Gasteiger partial charge in [-0.15, -0.1) is 11.3 Å². The van der Waals surface area contributed by atoms with Gasteiger partial charge >= 0.3 is 0 Å². The molecule has 0 atom stereocenters. The quantitative estimate of drug-likeness (QED) is 0.417. The van der Waals surface area contributed by atoms with Crippen LogP contribution in [0.15, 0.2) is 53.9 Å². The molecule has 1 saturated heterocycles. The van der Waals surface area contributed by atoms with Gasteiger partial charge in [0.2, 0.25) is 0 Å². The summed E-state index contributed by atoms with van der Waals surface area (Å²) in [5, 5.41) is 5.72. The number of ether oxygens (including phenoxy) is 1. The van der Waals surface area contributed by atoms with Crippen LogP contribution in [-0.2, 0) is 19.6 Å². The van der Waals surface area contributed by atoms with Gasteiger partial charge in [-0.2, -0.15) is 0 Å². The lowest BCUT2D eigenvalue weighted by atomic mass is 10.1. The first kappa shape index (κ1) is 25.3. The maximum absolute atomic E-state index is 13.4. The lowest BCUT2D eigenvalue weighted by Crippen LogP contribution is -2.37. The monoisotopic (exact) mass is 496 g/mol. The maximum atomic E-state index is 13.4. The van der Waals surface area contributed by atoms with Crippen LogP contribution in [0.5, 0.6) is 5.75 Å². The van der Waals surface area contributed by atoms with Gasteiger partial charge in [0.15, 0.2) is 0 Å². The fourth-order valence-corrected chi connectivity index (χ4v) is 5.10. The van der Waals surface area contributed by atoms with Crippen LogP contribution in [-0.4, -0.2) is 54.0 Å². The van der Waals surface area contributed by atoms with E-state index in [-0.39, 0.29) is 11.7 Å². The highest BCUT2D eigenvalue weighted by molar-refractivity contribution is 7.09. The molecule has 1 aliphatic rings. The Morgan fingerprint density at radius 2 is 1.69 bits per heavy atom. The van der Waals surface area contributed by atoms with Crippen molar-refractivity contribution in [1.29, 1.82) is 0 Å². The van der Waals surface area contributed by atoms with E-state index in [0.717, 1.165) is 41.5 Å². The summed E-state index contributed by atoms with van der Waals surface area (Å²) in [5.74, 6) is 0.450. The third kappa shape index (κ3) is 7.85. The Morgan fingerprint density at radius 3 is 2.34 bits per heavy atom. The largest absolute Gasteiger partial charge is 0.497 e. The van der Waals surface area contributed by atoms with Crippen LogP contribution in [0.1, 0.15) is 45.9 Å². The minimum atomic E-state index is -0.244. The second-order valence-corrected chi connectivity index (χ2v) is 9.85. The molecule has 186 valence electrons. The van der Waals surface area contributed by atoms with Crippen molar-refractivity contribution >= 4 is 17.2 Å². The molecule has 1 N–H and O–H groups in total. The number of benzene rings is 2. The summed E-state index contributed by atoms with van der Waals surface area (Å²) >= 11 is 1.49. The van der Waals surface area contributed by atoms with E-state index in [9.17, 15) is 9.18 Å². The standard InChI is InChI=1S/C27H33FN4O2S/c1-34-24-11-7-22(8-12-24)18-32(17-21-5-9-23(28)10-6-21)19-26-30-25(20-35-26)27(33)29-13-16-31-14-3-2-4-15-31/h5-12,20H,2-4,13-19H2,1H3,(H,29,33). The number of aromatic nitrogens is 1. The molecule has 0 aliphatic carbocycles. The second kappa shape index (κ2) is 12.8. The normalized spacial score (nSPS) is 14.3. The molecule has 35 heavy (non-hydrogen) atoms. The van der Waals surface area contributed by atoms with Gasteiger partial charge in [0.1, 0.15) is 22.3 Å². The third-order valence-electron chi connectivity index (χ3n) is 6.19. The number of thiazole rings is 1.